The fraction of sp³-hybridized carbons (Fsp3) is 0.200. The van der Waals surface area contributed by atoms with Crippen molar-refractivity contribution in [3.8, 4) is 5.75 Å². The highest BCUT2D eigenvalue weighted by Gasteiger charge is 2.18. The summed E-state index contributed by atoms with van der Waals surface area (Å²) >= 11 is 0. The first-order valence-corrected chi connectivity index (χ1v) is 5.92. The van der Waals surface area contributed by atoms with Crippen LogP contribution in [0.5, 0.6) is 5.75 Å². The van der Waals surface area contributed by atoms with Gasteiger partial charge < -0.3 is 10.1 Å². The van der Waals surface area contributed by atoms with E-state index < -0.39 is 5.82 Å². The zero-order valence-corrected chi connectivity index (χ0v) is 10.8. The molecule has 0 spiro atoms. The van der Waals surface area contributed by atoms with Gasteiger partial charge >= 0.3 is 0 Å². The van der Waals surface area contributed by atoms with Crippen LogP contribution in [0.4, 0.5) is 8.78 Å². The van der Waals surface area contributed by atoms with Gasteiger partial charge in [0, 0.05) is 5.56 Å². The maximum Gasteiger partial charge on any atom is 0.170 e. The van der Waals surface area contributed by atoms with Gasteiger partial charge in [-0.1, -0.05) is 24.3 Å². The fourth-order valence-electron chi connectivity index (χ4n) is 2.07. The van der Waals surface area contributed by atoms with E-state index in [1.807, 2.05) is 0 Å². The molecule has 1 atom stereocenters. The van der Waals surface area contributed by atoms with Gasteiger partial charge in [-0.15, -0.1) is 0 Å². The summed E-state index contributed by atoms with van der Waals surface area (Å²) < 4.78 is 32.1. The van der Waals surface area contributed by atoms with Crippen molar-refractivity contribution in [2.24, 2.45) is 0 Å². The first kappa shape index (κ1) is 13.5. The Bertz CT molecular complexity index is 555. The predicted octanol–water partition coefficient (Wildman–Crippen LogP) is 3.28. The third kappa shape index (κ3) is 2.74. The van der Waals surface area contributed by atoms with Crippen LogP contribution >= 0.6 is 0 Å². The molecule has 0 amide bonds. The van der Waals surface area contributed by atoms with Crippen molar-refractivity contribution in [3.63, 3.8) is 0 Å². The minimum absolute atomic E-state index is 0.194. The van der Waals surface area contributed by atoms with E-state index in [2.05, 4.69) is 5.32 Å². The molecule has 0 heterocycles. The lowest BCUT2D eigenvalue weighted by Gasteiger charge is -2.19. The van der Waals surface area contributed by atoms with E-state index in [1.165, 1.54) is 19.2 Å². The molecular weight excluding hydrogens is 248 g/mol. The fourth-order valence-corrected chi connectivity index (χ4v) is 2.07. The van der Waals surface area contributed by atoms with Crippen molar-refractivity contribution in [3.05, 3.63) is 65.2 Å². The summed E-state index contributed by atoms with van der Waals surface area (Å²) in [6.45, 7) is 0. The maximum atomic E-state index is 14.2. The van der Waals surface area contributed by atoms with E-state index in [4.69, 9.17) is 4.74 Å². The standard InChI is InChI=1S/C15H15F2NO/c1-18-15(10-6-8-11(16)9-7-10)12-4-3-5-13(19-2)14(12)17/h3-9,15,18H,1-2H3. The molecule has 4 heteroatoms. The second-order valence-corrected chi connectivity index (χ2v) is 4.14. The number of hydrogen-bond donors (Lipinski definition) is 1. The van der Waals surface area contributed by atoms with Gasteiger partial charge in [-0.25, -0.2) is 8.78 Å². The summed E-state index contributed by atoms with van der Waals surface area (Å²) in [5.74, 6) is -0.529. The van der Waals surface area contributed by atoms with Crippen molar-refractivity contribution >= 4 is 0 Å². The SMILES string of the molecule is CNC(c1ccc(F)cc1)c1cccc(OC)c1F. The molecule has 0 saturated heterocycles. The highest BCUT2D eigenvalue weighted by atomic mass is 19.1. The zero-order chi connectivity index (χ0) is 13.8. The van der Waals surface area contributed by atoms with E-state index in [9.17, 15) is 8.78 Å². The molecule has 0 saturated carbocycles. The van der Waals surface area contributed by atoms with Gasteiger partial charge in [0.05, 0.1) is 13.2 Å². The first-order chi connectivity index (χ1) is 9.17. The minimum atomic E-state index is -0.409. The summed E-state index contributed by atoms with van der Waals surface area (Å²) in [5.41, 5.74) is 1.25. The predicted molar refractivity (Wildman–Crippen MR) is 70.3 cm³/mol. The Morgan fingerprint density at radius 2 is 1.74 bits per heavy atom. The van der Waals surface area contributed by atoms with Crippen molar-refractivity contribution in [1.82, 2.24) is 5.32 Å². The number of ether oxygens (including phenoxy) is 1. The molecule has 2 rings (SSSR count). The Morgan fingerprint density at radius 1 is 1.05 bits per heavy atom. The van der Waals surface area contributed by atoms with Crippen LogP contribution in [0, 0.1) is 11.6 Å². The van der Waals surface area contributed by atoms with E-state index in [1.54, 1.807) is 37.4 Å². The van der Waals surface area contributed by atoms with Gasteiger partial charge in [-0.3, -0.25) is 0 Å². The van der Waals surface area contributed by atoms with Gasteiger partial charge in [0.25, 0.3) is 0 Å². The molecule has 1 unspecified atom stereocenters. The topological polar surface area (TPSA) is 21.3 Å². The van der Waals surface area contributed by atoms with Crippen LogP contribution in [-0.2, 0) is 0 Å². The van der Waals surface area contributed by atoms with Crippen LogP contribution in [0.25, 0.3) is 0 Å². The summed E-state index contributed by atoms with van der Waals surface area (Å²) in [7, 11) is 3.15. The number of methoxy groups -OCH3 is 1. The van der Waals surface area contributed by atoms with Crippen LogP contribution in [0.3, 0.4) is 0 Å². The third-order valence-electron chi connectivity index (χ3n) is 3.02. The van der Waals surface area contributed by atoms with Crippen LogP contribution in [-0.4, -0.2) is 14.2 Å². The van der Waals surface area contributed by atoms with Gasteiger partial charge in [0.15, 0.2) is 11.6 Å². The van der Waals surface area contributed by atoms with Gasteiger partial charge in [-0.05, 0) is 30.8 Å². The number of nitrogens with one attached hydrogen (secondary N) is 1. The van der Waals surface area contributed by atoms with Crippen molar-refractivity contribution in [1.29, 1.82) is 0 Å². The molecule has 0 aromatic heterocycles. The Morgan fingerprint density at radius 3 is 2.32 bits per heavy atom. The average molecular weight is 263 g/mol. The highest BCUT2D eigenvalue weighted by Crippen LogP contribution is 2.29. The lowest BCUT2D eigenvalue weighted by atomic mass is 9.98. The number of rotatable bonds is 4. The average Bonchev–Trinajstić information content (AvgIpc) is 2.43. The lowest BCUT2D eigenvalue weighted by molar-refractivity contribution is 0.382. The van der Waals surface area contributed by atoms with E-state index in [0.717, 1.165) is 5.56 Å². The molecule has 0 bridgehead atoms. The maximum absolute atomic E-state index is 14.2. The number of halogens is 2. The Labute approximate surface area is 111 Å². The minimum Gasteiger partial charge on any atom is -0.494 e. The van der Waals surface area contributed by atoms with E-state index >= 15 is 0 Å². The summed E-state index contributed by atoms with van der Waals surface area (Å²) in [6, 6.07) is 10.6. The molecule has 100 valence electrons. The number of hydrogen-bond acceptors (Lipinski definition) is 2. The molecule has 2 nitrogen and oxygen atoms in total. The summed E-state index contributed by atoms with van der Waals surface area (Å²) in [6.07, 6.45) is 0. The molecule has 0 radical (unpaired) electrons. The van der Waals surface area contributed by atoms with Crippen molar-refractivity contribution < 1.29 is 13.5 Å². The Kier molecular flexibility index (Phi) is 4.12. The Hall–Kier alpha value is -1.94. The van der Waals surface area contributed by atoms with Crippen molar-refractivity contribution in [2.45, 2.75) is 6.04 Å². The smallest absolute Gasteiger partial charge is 0.170 e. The zero-order valence-electron chi connectivity index (χ0n) is 10.8. The van der Waals surface area contributed by atoms with Crippen LogP contribution < -0.4 is 10.1 Å². The van der Waals surface area contributed by atoms with E-state index in [0.29, 0.717) is 5.56 Å². The quantitative estimate of drug-likeness (QED) is 0.914. The monoisotopic (exact) mass is 263 g/mol. The largest absolute Gasteiger partial charge is 0.494 e. The third-order valence-corrected chi connectivity index (χ3v) is 3.02. The molecule has 2 aromatic carbocycles. The summed E-state index contributed by atoms with van der Waals surface area (Å²) in [5, 5.41) is 3.03. The van der Waals surface area contributed by atoms with Gasteiger partial charge in [0.2, 0.25) is 0 Å². The molecule has 0 aliphatic rings. The molecule has 1 N–H and O–H groups in total. The van der Waals surface area contributed by atoms with Crippen molar-refractivity contribution in [2.75, 3.05) is 14.2 Å². The highest BCUT2D eigenvalue weighted by molar-refractivity contribution is 5.38. The van der Waals surface area contributed by atoms with Crippen LogP contribution in [0.15, 0.2) is 42.5 Å². The normalized spacial score (nSPS) is 12.2. The Balaban J connectivity index is 2.45. The molecule has 0 aliphatic heterocycles. The second-order valence-electron chi connectivity index (χ2n) is 4.14. The van der Waals surface area contributed by atoms with Crippen LogP contribution in [0.2, 0.25) is 0 Å². The van der Waals surface area contributed by atoms with Crippen LogP contribution in [0.1, 0.15) is 17.2 Å². The van der Waals surface area contributed by atoms with Gasteiger partial charge in [0.1, 0.15) is 5.82 Å². The lowest BCUT2D eigenvalue weighted by Crippen LogP contribution is -2.19. The molecule has 2 aromatic rings. The first-order valence-electron chi connectivity index (χ1n) is 5.92. The molecular formula is C15H15F2NO. The molecule has 0 fully saturated rings. The van der Waals surface area contributed by atoms with E-state index in [-0.39, 0.29) is 17.6 Å². The summed E-state index contributed by atoms with van der Waals surface area (Å²) in [4.78, 5) is 0. The van der Waals surface area contributed by atoms with Gasteiger partial charge in [-0.2, -0.15) is 0 Å². The molecule has 19 heavy (non-hydrogen) atoms. The second kappa shape index (κ2) is 5.80. The molecule has 0 aliphatic carbocycles. The number of benzene rings is 2.